The maximum Gasteiger partial charge on any atom is 0.151 e. The van der Waals surface area contributed by atoms with Crippen LogP contribution >= 0.6 is 11.3 Å². The third kappa shape index (κ3) is 1.99. The number of imidazole rings is 1. The Morgan fingerprint density at radius 1 is 1.29 bits per heavy atom. The Morgan fingerprint density at radius 3 is 3.00 bits per heavy atom. The molecule has 0 saturated heterocycles. The van der Waals surface area contributed by atoms with Crippen molar-refractivity contribution in [3.05, 3.63) is 58.2 Å². The number of hydrogen-bond acceptors (Lipinski definition) is 3. The fourth-order valence-electron chi connectivity index (χ4n) is 1.81. The molecule has 0 spiro atoms. The van der Waals surface area contributed by atoms with Gasteiger partial charge in [0.25, 0.3) is 0 Å². The molecule has 0 fully saturated rings. The van der Waals surface area contributed by atoms with Gasteiger partial charge in [0.05, 0.1) is 5.69 Å². The largest absolute Gasteiger partial charge is 0.306 e. The van der Waals surface area contributed by atoms with E-state index in [9.17, 15) is 4.79 Å². The van der Waals surface area contributed by atoms with Crippen LogP contribution in [0.15, 0.2) is 42.0 Å². The second-order valence-corrected chi connectivity index (χ2v) is 4.87. The number of thiophene rings is 1. The molecular formula is C13H10N2OS. The van der Waals surface area contributed by atoms with E-state index in [-0.39, 0.29) is 0 Å². The molecule has 0 aliphatic carbocycles. The number of carbonyl (C=O) groups is 1. The summed E-state index contributed by atoms with van der Waals surface area (Å²) in [6.45, 7) is 0. The van der Waals surface area contributed by atoms with E-state index in [1.54, 1.807) is 23.6 Å². The van der Waals surface area contributed by atoms with E-state index in [4.69, 9.17) is 0 Å². The first kappa shape index (κ1) is 10.2. The summed E-state index contributed by atoms with van der Waals surface area (Å²) in [7, 11) is 0. The van der Waals surface area contributed by atoms with Crippen molar-refractivity contribution in [3.8, 4) is 0 Å². The van der Waals surface area contributed by atoms with E-state index in [1.807, 2.05) is 22.7 Å². The Kier molecular flexibility index (Phi) is 2.49. The number of rotatable bonds is 3. The second-order valence-electron chi connectivity index (χ2n) is 3.83. The van der Waals surface area contributed by atoms with E-state index in [2.05, 4.69) is 16.4 Å². The second kappa shape index (κ2) is 4.14. The van der Waals surface area contributed by atoms with Crippen molar-refractivity contribution in [2.24, 2.45) is 0 Å². The lowest BCUT2D eigenvalue weighted by molar-refractivity contribution is 0.112. The molecule has 3 aromatic heterocycles. The summed E-state index contributed by atoms with van der Waals surface area (Å²) >= 11 is 1.73. The van der Waals surface area contributed by atoms with Gasteiger partial charge < -0.3 is 4.40 Å². The van der Waals surface area contributed by atoms with E-state index >= 15 is 0 Å². The van der Waals surface area contributed by atoms with Crippen LogP contribution in [-0.2, 0) is 6.42 Å². The minimum atomic E-state index is 0.664. The zero-order chi connectivity index (χ0) is 11.7. The Hall–Kier alpha value is -1.94. The lowest BCUT2D eigenvalue weighted by Crippen LogP contribution is -1.86. The molecule has 0 amide bonds. The maximum atomic E-state index is 10.7. The minimum Gasteiger partial charge on any atom is -0.306 e. The van der Waals surface area contributed by atoms with Gasteiger partial charge in [-0.05, 0) is 23.6 Å². The summed E-state index contributed by atoms with van der Waals surface area (Å²) in [5, 5.41) is 2.07. The highest BCUT2D eigenvalue weighted by molar-refractivity contribution is 7.09. The first-order valence-electron chi connectivity index (χ1n) is 5.30. The SMILES string of the molecule is O=Cc1ccc2nc(Cc3cccs3)cn2c1. The molecule has 0 aliphatic heterocycles. The third-order valence-corrected chi connectivity index (χ3v) is 3.47. The van der Waals surface area contributed by atoms with E-state index in [0.717, 1.165) is 24.0 Å². The van der Waals surface area contributed by atoms with Gasteiger partial charge >= 0.3 is 0 Å². The van der Waals surface area contributed by atoms with Crippen molar-refractivity contribution < 1.29 is 4.79 Å². The van der Waals surface area contributed by atoms with Crippen LogP contribution < -0.4 is 0 Å². The van der Waals surface area contributed by atoms with Crippen LogP contribution in [0.4, 0.5) is 0 Å². The van der Waals surface area contributed by atoms with Crippen LogP contribution in [0, 0.1) is 0 Å². The molecule has 3 nitrogen and oxygen atoms in total. The van der Waals surface area contributed by atoms with Crippen molar-refractivity contribution in [2.45, 2.75) is 6.42 Å². The van der Waals surface area contributed by atoms with Gasteiger partial charge in [0, 0.05) is 29.3 Å². The molecule has 0 aromatic carbocycles. The van der Waals surface area contributed by atoms with Crippen molar-refractivity contribution in [1.82, 2.24) is 9.38 Å². The quantitative estimate of drug-likeness (QED) is 0.662. The summed E-state index contributed by atoms with van der Waals surface area (Å²) < 4.78 is 1.90. The number of nitrogens with zero attached hydrogens (tertiary/aromatic N) is 2. The van der Waals surface area contributed by atoms with E-state index in [0.29, 0.717) is 5.56 Å². The summed E-state index contributed by atoms with van der Waals surface area (Å²) in [4.78, 5) is 16.5. The molecule has 4 heteroatoms. The zero-order valence-electron chi connectivity index (χ0n) is 9.04. The normalized spacial score (nSPS) is 10.8. The van der Waals surface area contributed by atoms with Gasteiger partial charge in [-0.25, -0.2) is 4.98 Å². The van der Waals surface area contributed by atoms with Crippen molar-refractivity contribution in [2.75, 3.05) is 0 Å². The monoisotopic (exact) mass is 242 g/mol. The molecule has 17 heavy (non-hydrogen) atoms. The highest BCUT2D eigenvalue weighted by atomic mass is 32.1. The van der Waals surface area contributed by atoms with Crippen LogP contribution in [0.1, 0.15) is 20.9 Å². The minimum absolute atomic E-state index is 0.664. The Balaban J connectivity index is 1.98. The molecule has 0 radical (unpaired) electrons. The molecule has 0 atom stereocenters. The molecule has 0 aliphatic rings. The van der Waals surface area contributed by atoms with Gasteiger partial charge in [0.1, 0.15) is 5.65 Å². The Bertz CT molecular complexity index is 655. The smallest absolute Gasteiger partial charge is 0.151 e. The number of pyridine rings is 1. The molecule has 0 N–H and O–H groups in total. The first-order valence-corrected chi connectivity index (χ1v) is 6.18. The highest BCUT2D eigenvalue weighted by Crippen LogP contribution is 2.15. The van der Waals surface area contributed by atoms with Gasteiger partial charge in [-0.3, -0.25) is 4.79 Å². The number of aldehydes is 1. The summed E-state index contributed by atoms with van der Waals surface area (Å²) in [5.41, 5.74) is 2.57. The van der Waals surface area contributed by atoms with Crippen molar-refractivity contribution in [1.29, 1.82) is 0 Å². The van der Waals surface area contributed by atoms with Crippen molar-refractivity contribution >= 4 is 23.3 Å². The summed E-state index contributed by atoms with van der Waals surface area (Å²) in [6, 6.07) is 7.79. The summed E-state index contributed by atoms with van der Waals surface area (Å²) in [6.07, 6.45) is 5.46. The molecule has 0 saturated carbocycles. The van der Waals surface area contributed by atoms with E-state index in [1.165, 1.54) is 4.88 Å². The van der Waals surface area contributed by atoms with Gasteiger partial charge in [0.2, 0.25) is 0 Å². The fourth-order valence-corrected chi connectivity index (χ4v) is 2.53. The van der Waals surface area contributed by atoms with Crippen LogP contribution in [0.25, 0.3) is 5.65 Å². The van der Waals surface area contributed by atoms with Crippen molar-refractivity contribution in [3.63, 3.8) is 0 Å². The average Bonchev–Trinajstić information content (AvgIpc) is 2.96. The van der Waals surface area contributed by atoms with Gasteiger partial charge in [-0.1, -0.05) is 6.07 Å². The lowest BCUT2D eigenvalue weighted by atomic mass is 10.3. The molecule has 3 rings (SSSR count). The molecular weight excluding hydrogens is 232 g/mol. The van der Waals surface area contributed by atoms with Crippen LogP contribution in [-0.4, -0.2) is 15.7 Å². The first-order chi connectivity index (χ1) is 8.35. The van der Waals surface area contributed by atoms with Gasteiger partial charge in [0.15, 0.2) is 6.29 Å². The predicted octanol–water partition coefficient (Wildman–Crippen LogP) is 2.80. The average molecular weight is 242 g/mol. The molecule has 3 aromatic rings. The topological polar surface area (TPSA) is 34.4 Å². The third-order valence-electron chi connectivity index (χ3n) is 2.60. The lowest BCUT2D eigenvalue weighted by Gasteiger charge is -1.92. The number of aromatic nitrogens is 2. The molecule has 3 heterocycles. The number of fused-ring (bicyclic) bond motifs is 1. The molecule has 0 unspecified atom stereocenters. The van der Waals surface area contributed by atoms with Crippen LogP contribution in [0.5, 0.6) is 0 Å². The highest BCUT2D eigenvalue weighted by Gasteiger charge is 2.04. The van der Waals surface area contributed by atoms with Crippen LogP contribution in [0.3, 0.4) is 0 Å². The van der Waals surface area contributed by atoms with Gasteiger partial charge in [-0.2, -0.15) is 0 Å². The molecule has 84 valence electrons. The number of hydrogen-bond donors (Lipinski definition) is 0. The fraction of sp³-hybridized carbons (Fsp3) is 0.0769. The number of carbonyl (C=O) groups excluding carboxylic acids is 1. The predicted molar refractivity (Wildman–Crippen MR) is 67.7 cm³/mol. The molecule has 0 bridgehead atoms. The maximum absolute atomic E-state index is 10.7. The zero-order valence-corrected chi connectivity index (χ0v) is 9.85. The van der Waals surface area contributed by atoms with E-state index < -0.39 is 0 Å². The van der Waals surface area contributed by atoms with Gasteiger partial charge in [-0.15, -0.1) is 11.3 Å². The Labute approximate surface area is 102 Å². The Morgan fingerprint density at radius 2 is 2.24 bits per heavy atom. The van der Waals surface area contributed by atoms with Crippen LogP contribution in [0.2, 0.25) is 0 Å². The summed E-state index contributed by atoms with van der Waals surface area (Å²) in [5.74, 6) is 0. The standard InChI is InChI=1S/C13H10N2OS/c16-9-10-3-4-13-14-11(8-15(13)7-10)6-12-2-1-5-17-12/h1-5,7-9H,6H2.